The smallest absolute Gasteiger partial charge is 0.123 e. The highest BCUT2D eigenvalue weighted by Gasteiger charge is 2.26. The van der Waals surface area contributed by atoms with Crippen molar-refractivity contribution in [3.8, 4) is 5.75 Å². The fraction of sp³-hybridized carbons (Fsp3) is 0.600. The van der Waals surface area contributed by atoms with Gasteiger partial charge in [0.2, 0.25) is 0 Å². The van der Waals surface area contributed by atoms with Crippen molar-refractivity contribution in [1.29, 1.82) is 0 Å². The van der Waals surface area contributed by atoms with E-state index in [9.17, 15) is 0 Å². The van der Waals surface area contributed by atoms with Gasteiger partial charge in [-0.15, -0.1) is 0 Å². The van der Waals surface area contributed by atoms with Crippen molar-refractivity contribution in [3.05, 3.63) is 29.8 Å². The van der Waals surface area contributed by atoms with Gasteiger partial charge in [-0.05, 0) is 24.9 Å². The van der Waals surface area contributed by atoms with Gasteiger partial charge in [0, 0.05) is 31.2 Å². The van der Waals surface area contributed by atoms with Gasteiger partial charge in [0.15, 0.2) is 0 Å². The summed E-state index contributed by atoms with van der Waals surface area (Å²) in [5, 5.41) is 3.62. The molecule has 3 nitrogen and oxygen atoms in total. The van der Waals surface area contributed by atoms with Crippen molar-refractivity contribution in [2.75, 3.05) is 26.2 Å². The van der Waals surface area contributed by atoms with Gasteiger partial charge in [-0.25, -0.2) is 0 Å². The molecule has 1 aromatic rings. The highest BCUT2D eigenvalue weighted by molar-refractivity contribution is 5.33. The molecule has 0 aromatic heterocycles. The van der Waals surface area contributed by atoms with Crippen molar-refractivity contribution in [3.63, 3.8) is 0 Å². The van der Waals surface area contributed by atoms with Gasteiger partial charge in [-0.3, -0.25) is 4.90 Å². The first-order valence-corrected chi connectivity index (χ1v) is 6.99. The summed E-state index contributed by atoms with van der Waals surface area (Å²) in [4.78, 5) is 2.52. The number of hydrogen-bond acceptors (Lipinski definition) is 3. The zero-order chi connectivity index (χ0) is 12.4. The van der Waals surface area contributed by atoms with Crippen LogP contribution in [0, 0.1) is 5.92 Å². The zero-order valence-electron chi connectivity index (χ0n) is 11.1. The van der Waals surface area contributed by atoms with E-state index >= 15 is 0 Å². The van der Waals surface area contributed by atoms with Crippen LogP contribution in [0.25, 0.3) is 0 Å². The van der Waals surface area contributed by atoms with E-state index < -0.39 is 0 Å². The molecule has 3 rings (SSSR count). The summed E-state index contributed by atoms with van der Waals surface area (Å²) in [5.74, 6) is 1.86. The first kappa shape index (κ1) is 12.0. The Morgan fingerprint density at radius 3 is 3.11 bits per heavy atom. The molecule has 0 spiro atoms. The largest absolute Gasteiger partial charge is 0.492 e. The molecule has 2 aliphatic rings. The van der Waals surface area contributed by atoms with Gasteiger partial charge in [0.25, 0.3) is 0 Å². The number of nitrogens with one attached hydrogen (secondary N) is 1. The third-order valence-electron chi connectivity index (χ3n) is 4.18. The number of fused-ring (bicyclic) bond motifs is 1. The predicted molar refractivity (Wildman–Crippen MR) is 72.8 cm³/mol. The molecule has 18 heavy (non-hydrogen) atoms. The standard InChI is InChI=1S/C15H22N2O/c1-12-6-7-16-14(12)11-17-8-9-18-15-5-3-2-4-13(15)10-17/h2-5,12,14,16H,6-11H2,1H3. The summed E-state index contributed by atoms with van der Waals surface area (Å²) in [6, 6.07) is 9.06. The summed E-state index contributed by atoms with van der Waals surface area (Å²) in [6.45, 7) is 7.51. The van der Waals surface area contributed by atoms with E-state index in [4.69, 9.17) is 4.74 Å². The maximum absolute atomic E-state index is 5.81. The normalized spacial score (nSPS) is 28.5. The molecule has 1 saturated heterocycles. The van der Waals surface area contributed by atoms with Crippen LogP contribution >= 0.6 is 0 Å². The number of benzene rings is 1. The maximum Gasteiger partial charge on any atom is 0.123 e. The molecule has 2 heterocycles. The van der Waals surface area contributed by atoms with Crippen LogP contribution in [0.15, 0.2) is 24.3 Å². The topological polar surface area (TPSA) is 24.5 Å². The van der Waals surface area contributed by atoms with Crippen LogP contribution < -0.4 is 10.1 Å². The van der Waals surface area contributed by atoms with E-state index in [0.717, 1.165) is 37.9 Å². The number of hydrogen-bond donors (Lipinski definition) is 1. The van der Waals surface area contributed by atoms with E-state index in [0.29, 0.717) is 6.04 Å². The molecular formula is C15H22N2O. The van der Waals surface area contributed by atoms with Crippen LogP contribution in [0.4, 0.5) is 0 Å². The zero-order valence-corrected chi connectivity index (χ0v) is 11.1. The maximum atomic E-state index is 5.81. The summed E-state index contributed by atoms with van der Waals surface area (Å²) in [6.07, 6.45) is 1.31. The van der Waals surface area contributed by atoms with Crippen molar-refractivity contribution >= 4 is 0 Å². The van der Waals surface area contributed by atoms with Gasteiger partial charge in [-0.2, -0.15) is 0 Å². The Labute approximate surface area is 109 Å². The molecule has 0 bridgehead atoms. The van der Waals surface area contributed by atoms with Crippen molar-refractivity contribution < 1.29 is 4.74 Å². The van der Waals surface area contributed by atoms with Gasteiger partial charge in [-0.1, -0.05) is 25.1 Å². The Morgan fingerprint density at radius 1 is 1.39 bits per heavy atom. The van der Waals surface area contributed by atoms with Crippen molar-refractivity contribution in [2.45, 2.75) is 25.9 Å². The van der Waals surface area contributed by atoms with E-state index in [1.165, 1.54) is 18.5 Å². The first-order chi connectivity index (χ1) is 8.83. The number of para-hydroxylation sites is 1. The second kappa shape index (κ2) is 5.29. The lowest BCUT2D eigenvalue weighted by molar-refractivity contribution is 0.201. The molecule has 1 fully saturated rings. The van der Waals surface area contributed by atoms with Crippen molar-refractivity contribution in [2.24, 2.45) is 5.92 Å². The Morgan fingerprint density at radius 2 is 2.28 bits per heavy atom. The highest BCUT2D eigenvalue weighted by Crippen LogP contribution is 2.23. The summed E-state index contributed by atoms with van der Waals surface area (Å²) in [5.41, 5.74) is 1.32. The second-order valence-corrected chi connectivity index (χ2v) is 5.52. The highest BCUT2D eigenvalue weighted by atomic mass is 16.5. The quantitative estimate of drug-likeness (QED) is 0.862. The predicted octanol–water partition coefficient (Wildman–Crippen LogP) is 1.88. The molecule has 2 unspecified atom stereocenters. The lowest BCUT2D eigenvalue weighted by Gasteiger charge is -2.25. The molecule has 1 N–H and O–H groups in total. The van der Waals surface area contributed by atoms with Crippen LogP contribution in [0.5, 0.6) is 5.75 Å². The second-order valence-electron chi connectivity index (χ2n) is 5.52. The van der Waals surface area contributed by atoms with Crippen LogP contribution in [-0.4, -0.2) is 37.2 Å². The third-order valence-corrected chi connectivity index (χ3v) is 4.18. The minimum Gasteiger partial charge on any atom is -0.492 e. The first-order valence-electron chi connectivity index (χ1n) is 6.99. The summed E-state index contributed by atoms with van der Waals surface area (Å²) < 4.78 is 5.81. The average molecular weight is 246 g/mol. The van der Waals surface area contributed by atoms with Crippen LogP contribution in [-0.2, 0) is 6.54 Å². The fourth-order valence-corrected chi connectivity index (χ4v) is 2.96. The van der Waals surface area contributed by atoms with E-state index in [-0.39, 0.29) is 0 Å². The van der Waals surface area contributed by atoms with Gasteiger partial charge < -0.3 is 10.1 Å². The summed E-state index contributed by atoms with van der Waals surface area (Å²) in [7, 11) is 0. The molecule has 1 aromatic carbocycles. The Hall–Kier alpha value is -1.06. The molecular weight excluding hydrogens is 224 g/mol. The van der Waals surface area contributed by atoms with E-state index in [1.807, 2.05) is 0 Å². The van der Waals surface area contributed by atoms with Crippen LogP contribution in [0.3, 0.4) is 0 Å². The van der Waals surface area contributed by atoms with Gasteiger partial charge in [0.05, 0.1) is 0 Å². The molecule has 0 aliphatic carbocycles. The molecule has 0 radical (unpaired) electrons. The molecule has 2 atom stereocenters. The third kappa shape index (κ3) is 2.52. The number of rotatable bonds is 2. The Balaban J connectivity index is 1.67. The molecule has 3 heteroatoms. The molecule has 2 aliphatic heterocycles. The fourth-order valence-electron chi connectivity index (χ4n) is 2.96. The monoisotopic (exact) mass is 246 g/mol. The molecule has 0 amide bonds. The molecule has 0 saturated carbocycles. The van der Waals surface area contributed by atoms with Crippen LogP contribution in [0.2, 0.25) is 0 Å². The minimum absolute atomic E-state index is 0.648. The van der Waals surface area contributed by atoms with E-state index in [1.54, 1.807) is 0 Å². The average Bonchev–Trinajstić information content (AvgIpc) is 2.66. The minimum atomic E-state index is 0.648. The van der Waals surface area contributed by atoms with Crippen LogP contribution in [0.1, 0.15) is 18.9 Å². The van der Waals surface area contributed by atoms with Crippen molar-refractivity contribution in [1.82, 2.24) is 10.2 Å². The SMILES string of the molecule is CC1CCNC1CN1CCOc2ccccc2C1. The number of nitrogens with zero attached hydrogens (tertiary/aromatic N) is 1. The van der Waals surface area contributed by atoms with Gasteiger partial charge >= 0.3 is 0 Å². The Bertz CT molecular complexity index is 407. The Kier molecular flexibility index (Phi) is 3.52. The molecule has 98 valence electrons. The lowest BCUT2D eigenvalue weighted by atomic mass is 10.0. The lowest BCUT2D eigenvalue weighted by Crippen LogP contribution is -2.40. The van der Waals surface area contributed by atoms with E-state index in [2.05, 4.69) is 41.4 Å². The van der Waals surface area contributed by atoms with Gasteiger partial charge in [0.1, 0.15) is 12.4 Å². The summed E-state index contributed by atoms with van der Waals surface area (Å²) >= 11 is 0. The number of ether oxygens (including phenoxy) is 1.